The summed E-state index contributed by atoms with van der Waals surface area (Å²) in [7, 11) is -4.73. The monoisotopic (exact) mass is 368 g/mol. The summed E-state index contributed by atoms with van der Waals surface area (Å²) < 4.78 is 58.0. The van der Waals surface area contributed by atoms with Gasteiger partial charge in [-0.05, 0) is 13.0 Å². The zero-order chi connectivity index (χ0) is 18.1. The molecule has 1 N–H and O–H groups in total. The third-order valence-corrected chi connectivity index (χ3v) is 7.45. The van der Waals surface area contributed by atoms with Crippen LogP contribution in [0.4, 0.5) is 0 Å². The molecule has 0 aromatic rings. The minimum absolute atomic E-state index is 0.0854. The van der Waals surface area contributed by atoms with Gasteiger partial charge >= 0.3 is 0 Å². The van der Waals surface area contributed by atoms with Crippen LogP contribution < -0.4 is 5.32 Å². The van der Waals surface area contributed by atoms with Crippen LogP contribution in [-0.4, -0.2) is 81.3 Å². The number of hydrogen-bond donors (Lipinski definition) is 1. The molecular weight excluding hydrogens is 344 g/mol. The lowest BCUT2D eigenvalue weighted by molar-refractivity contribution is -0.883. The van der Waals surface area contributed by atoms with Gasteiger partial charge in [0.05, 0.1) is 55.9 Å². The van der Waals surface area contributed by atoms with E-state index in [1.54, 1.807) is 6.08 Å². The van der Waals surface area contributed by atoms with Crippen molar-refractivity contribution in [3.05, 3.63) is 12.7 Å². The van der Waals surface area contributed by atoms with E-state index in [0.29, 0.717) is 17.6 Å². The lowest BCUT2D eigenvalue weighted by atomic mass is 10.0. The molecule has 1 aliphatic rings. The Morgan fingerprint density at radius 1 is 1.48 bits per heavy atom. The molecule has 1 saturated heterocycles. The van der Waals surface area contributed by atoms with Crippen LogP contribution in [0.1, 0.15) is 13.3 Å². The van der Waals surface area contributed by atoms with Crippen LogP contribution in [0.2, 0.25) is 0 Å². The Labute approximate surface area is 137 Å². The predicted molar refractivity (Wildman–Crippen MR) is 85.3 cm³/mol. The number of amides is 1. The molecule has 8 nitrogen and oxygen atoms in total. The van der Waals surface area contributed by atoms with Crippen LogP contribution >= 0.6 is 0 Å². The maximum atomic E-state index is 12.1. The molecule has 1 heterocycles. The van der Waals surface area contributed by atoms with E-state index in [-0.39, 0.29) is 6.42 Å². The molecule has 0 aromatic heterocycles. The van der Waals surface area contributed by atoms with Crippen LogP contribution in [0.15, 0.2) is 12.7 Å². The quantitative estimate of drug-likeness (QED) is 0.344. The van der Waals surface area contributed by atoms with E-state index >= 15 is 0 Å². The van der Waals surface area contributed by atoms with Gasteiger partial charge in [-0.25, -0.2) is 16.8 Å². The molecule has 1 aliphatic heterocycles. The van der Waals surface area contributed by atoms with Crippen molar-refractivity contribution >= 4 is 25.9 Å². The van der Waals surface area contributed by atoms with Gasteiger partial charge < -0.3 is 14.4 Å². The molecular formula is C13H24N2O6S2. The van der Waals surface area contributed by atoms with Crippen LogP contribution in [0.5, 0.6) is 0 Å². The Balaban J connectivity index is 2.84. The first-order valence-corrected chi connectivity index (χ1v) is 10.4. The molecule has 0 aliphatic carbocycles. The number of nitrogens with one attached hydrogen (secondary N) is 1. The van der Waals surface area contributed by atoms with Gasteiger partial charge in [-0.2, -0.15) is 0 Å². The highest BCUT2D eigenvalue weighted by Crippen LogP contribution is 2.28. The largest absolute Gasteiger partial charge is 0.748 e. The second-order valence-corrected chi connectivity index (χ2v) is 10.5. The average Bonchev–Trinajstić information content (AvgIpc) is 2.56. The molecule has 1 fully saturated rings. The number of rotatable bonds is 7. The van der Waals surface area contributed by atoms with Crippen molar-refractivity contribution < 1.29 is 30.7 Å². The maximum absolute atomic E-state index is 12.1. The summed E-state index contributed by atoms with van der Waals surface area (Å²) in [6, 6.07) is 0. The van der Waals surface area contributed by atoms with E-state index in [1.807, 2.05) is 14.1 Å². The number of carbonyl (C=O) groups is 1. The molecule has 10 heteroatoms. The molecule has 0 aromatic carbocycles. The Morgan fingerprint density at radius 2 is 2.04 bits per heavy atom. The Hall–Kier alpha value is -0.970. The normalized spacial score (nSPS) is 27.6. The predicted octanol–water partition coefficient (Wildman–Crippen LogP) is -1.14. The van der Waals surface area contributed by atoms with E-state index in [2.05, 4.69) is 11.9 Å². The molecule has 0 radical (unpaired) electrons. The summed E-state index contributed by atoms with van der Waals surface area (Å²) in [5.41, 5.74) is -1.59. The number of hydrogen-bond acceptors (Lipinski definition) is 6. The van der Waals surface area contributed by atoms with Gasteiger partial charge in [-0.3, -0.25) is 4.79 Å². The van der Waals surface area contributed by atoms with Crippen molar-refractivity contribution in [3.8, 4) is 0 Å². The topological polar surface area (TPSA) is 120 Å². The van der Waals surface area contributed by atoms with Crippen LogP contribution in [-0.2, 0) is 24.7 Å². The van der Waals surface area contributed by atoms with Crippen molar-refractivity contribution in [1.82, 2.24) is 5.32 Å². The highest BCUT2D eigenvalue weighted by atomic mass is 32.2. The van der Waals surface area contributed by atoms with Gasteiger partial charge in [-0.15, -0.1) is 0 Å². The molecule has 1 amide bonds. The highest BCUT2D eigenvalue weighted by molar-refractivity contribution is 7.94. The van der Waals surface area contributed by atoms with Gasteiger partial charge in [0.15, 0.2) is 9.84 Å². The maximum Gasteiger partial charge on any atom is 0.226 e. The molecule has 0 unspecified atom stereocenters. The van der Waals surface area contributed by atoms with Crippen molar-refractivity contribution in [1.29, 1.82) is 0 Å². The fraction of sp³-hybridized carbons (Fsp3) is 0.769. The van der Waals surface area contributed by atoms with Gasteiger partial charge in [0.25, 0.3) is 0 Å². The van der Waals surface area contributed by atoms with E-state index in [9.17, 15) is 26.2 Å². The summed E-state index contributed by atoms with van der Waals surface area (Å²) >= 11 is 0. The highest BCUT2D eigenvalue weighted by Gasteiger charge is 2.51. The average molecular weight is 368 g/mol. The summed E-state index contributed by atoms with van der Waals surface area (Å²) in [4.78, 5) is 12.1. The van der Waals surface area contributed by atoms with Crippen LogP contribution in [0.3, 0.4) is 0 Å². The fourth-order valence-electron chi connectivity index (χ4n) is 2.77. The molecule has 23 heavy (non-hydrogen) atoms. The molecule has 2 atom stereocenters. The van der Waals surface area contributed by atoms with Crippen molar-refractivity contribution in [3.63, 3.8) is 0 Å². The number of carbonyl (C=O) groups excluding carboxylic acids is 1. The van der Waals surface area contributed by atoms with Crippen molar-refractivity contribution in [2.75, 3.05) is 38.7 Å². The second-order valence-electron chi connectivity index (χ2n) is 6.88. The third-order valence-electron chi connectivity index (χ3n) is 3.98. The molecule has 1 rings (SSSR count). The first-order valence-electron chi connectivity index (χ1n) is 7.10. The van der Waals surface area contributed by atoms with Crippen LogP contribution in [0.25, 0.3) is 0 Å². The minimum Gasteiger partial charge on any atom is -0.748 e. The van der Waals surface area contributed by atoms with Gasteiger partial charge in [0, 0.05) is 0 Å². The number of sulfone groups is 1. The van der Waals surface area contributed by atoms with E-state index in [4.69, 9.17) is 0 Å². The van der Waals surface area contributed by atoms with Crippen LogP contribution in [0, 0.1) is 0 Å². The van der Waals surface area contributed by atoms with E-state index in [0.717, 1.165) is 0 Å². The molecule has 0 bridgehead atoms. The number of quaternary nitrogens is 1. The molecule has 0 spiro atoms. The zero-order valence-corrected chi connectivity index (χ0v) is 15.2. The fourth-order valence-corrected chi connectivity index (χ4v) is 7.08. The van der Waals surface area contributed by atoms with E-state index in [1.165, 1.54) is 6.92 Å². The third kappa shape index (κ3) is 5.55. The number of nitrogens with zero attached hydrogens (tertiary/aromatic N) is 1. The molecule has 134 valence electrons. The van der Waals surface area contributed by atoms with Gasteiger partial charge in [0.1, 0.15) is 10.1 Å². The lowest BCUT2D eigenvalue weighted by Crippen LogP contribution is -2.57. The first-order chi connectivity index (χ1) is 10.2. The van der Waals surface area contributed by atoms with Crippen molar-refractivity contribution in [2.45, 2.75) is 24.1 Å². The number of likely N-dealkylation sites (N-methyl/N-ethyl adjacent to an activating group) is 1. The summed E-state index contributed by atoms with van der Waals surface area (Å²) in [6.45, 7) is 6.04. The standard InChI is InChI=1S/C13H24N2O6S2/c1-5-7-15(3,4)8-6-12(16)14-13(2)10-22(17,18)9-11(13)23(19,20)21/h5,11H,1,6-10H2,2-4H3,(H-,14,16,19,20,21)/t11-,13+/m0/s1. The summed E-state index contributed by atoms with van der Waals surface area (Å²) in [6.07, 6.45) is 1.81. The van der Waals surface area contributed by atoms with Crippen molar-refractivity contribution in [2.24, 2.45) is 0 Å². The minimum atomic E-state index is -4.84. The smallest absolute Gasteiger partial charge is 0.226 e. The lowest BCUT2D eigenvalue weighted by Gasteiger charge is -2.33. The van der Waals surface area contributed by atoms with Gasteiger partial charge in [-0.1, -0.05) is 6.58 Å². The Kier molecular flexibility index (Phi) is 5.67. The Morgan fingerprint density at radius 3 is 2.52 bits per heavy atom. The second kappa shape index (κ2) is 6.50. The summed E-state index contributed by atoms with van der Waals surface area (Å²) in [5.74, 6) is -1.79. The zero-order valence-electron chi connectivity index (χ0n) is 13.6. The first kappa shape index (κ1) is 20.1. The molecule has 0 saturated carbocycles. The Bertz CT molecular complexity index is 683. The van der Waals surface area contributed by atoms with E-state index < -0.39 is 48.2 Å². The van der Waals surface area contributed by atoms with Gasteiger partial charge in [0.2, 0.25) is 5.91 Å². The summed E-state index contributed by atoms with van der Waals surface area (Å²) in [5, 5.41) is 0.782. The SMILES string of the molecule is C=CC[N+](C)(C)CCC(=O)N[C@]1(C)CS(=O)(=O)C[C@@H]1S(=O)(=O)[O-].